The molecular formula is C34H42O4. The summed E-state index contributed by atoms with van der Waals surface area (Å²) in [6.45, 7) is 0. The van der Waals surface area contributed by atoms with Crippen LogP contribution in [-0.4, -0.2) is 22.5 Å². The van der Waals surface area contributed by atoms with Gasteiger partial charge in [0.05, 0.1) is 5.92 Å². The largest absolute Gasteiger partial charge is 0.508 e. The number of hydrogen-bond acceptors (Lipinski definition) is 3. The number of aromatic hydroxyl groups is 1. The molecule has 4 nitrogen and oxygen atoms in total. The molecule has 0 aliphatic heterocycles. The minimum atomic E-state index is -0.739. The third-order valence-electron chi connectivity index (χ3n) is 8.58. The summed E-state index contributed by atoms with van der Waals surface area (Å²) in [6.07, 6.45) is 20.3. The van der Waals surface area contributed by atoms with Crippen LogP contribution in [0.25, 0.3) is 0 Å². The molecule has 5 atom stereocenters. The maximum absolute atomic E-state index is 11.9. The van der Waals surface area contributed by atoms with Crippen molar-refractivity contribution in [2.75, 3.05) is 0 Å². The molecule has 0 saturated heterocycles. The second-order valence-corrected chi connectivity index (χ2v) is 11.3. The predicted molar refractivity (Wildman–Crippen MR) is 152 cm³/mol. The summed E-state index contributed by atoms with van der Waals surface area (Å²) in [5, 5.41) is 19.7. The number of carbonyl (C=O) groups is 2. The number of rotatable bonds is 10. The van der Waals surface area contributed by atoms with E-state index in [2.05, 4.69) is 54.6 Å². The number of hydrogen-bond donors (Lipinski definition) is 2. The minimum Gasteiger partial charge on any atom is -0.508 e. The first-order chi connectivity index (χ1) is 18.5. The Morgan fingerprint density at radius 3 is 2.42 bits per heavy atom. The fourth-order valence-electron chi connectivity index (χ4n) is 6.35. The van der Waals surface area contributed by atoms with Gasteiger partial charge in [0, 0.05) is 5.92 Å². The lowest BCUT2D eigenvalue weighted by Crippen LogP contribution is -2.18. The molecule has 2 aliphatic rings. The number of carbonyl (C=O) groups excluding carboxylic acids is 1. The van der Waals surface area contributed by atoms with Crippen molar-refractivity contribution in [2.24, 2.45) is 23.7 Å². The SMILES string of the molecule is O=CC(CCCCCC1CC=CCC(C(=O)O)Cc2cccc(c2)CC1c1ccc(O)cc1)C1C=CCC1. The average Bonchev–Trinajstić information content (AvgIpc) is 3.45. The Bertz CT molecular complexity index is 1100. The molecule has 0 saturated carbocycles. The number of allylic oxidation sites excluding steroid dienone is 4. The summed E-state index contributed by atoms with van der Waals surface area (Å²) in [5.41, 5.74) is 3.55. The van der Waals surface area contributed by atoms with Crippen LogP contribution >= 0.6 is 0 Å². The lowest BCUT2D eigenvalue weighted by Gasteiger charge is -2.28. The second kappa shape index (κ2) is 14.1. The maximum Gasteiger partial charge on any atom is 0.307 e. The monoisotopic (exact) mass is 514 g/mol. The van der Waals surface area contributed by atoms with Gasteiger partial charge in [-0.15, -0.1) is 0 Å². The normalized spacial score (nSPS) is 24.3. The Balaban J connectivity index is 1.48. The lowest BCUT2D eigenvalue weighted by molar-refractivity contribution is -0.141. The van der Waals surface area contributed by atoms with Gasteiger partial charge < -0.3 is 15.0 Å². The van der Waals surface area contributed by atoms with Gasteiger partial charge >= 0.3 is 5.97 Å². The van der Waals surface area contributed by atoms with Crippen LogP contribution in [0.2, 0.25) is 0 Å². The van der Waals surface area contributed by atoms with Crippen molar-refractivity contribution in [3.8, 4) is 5.75 Å². The van der Waals surface area contributed by atoms with E-state index in [9.17, 15) is 19.8 Å². The molecule has 5 unspecified atom stereocenters. The Morgan fingerprint density at radius 1 is 0.947 bits per heavy atom. The van der Waals surface area contributed by atoms with Gasteiger partial charge in [0.2, 0.25) is 0 Å². The highest BCUT2D eigenvalue weighted by atomic mass is 16.4. The first kappa shape index (κ1) is 27.9. The van der Waals surface area contributed by atoms with Gasteiger partial charge in [-0.3, -0.25) is 4.79 Å². The van der Waals surface area contributed by atoms with Gasteiger partial charge in [0.1, 0.15) is 12.0 Å². The summed E-state index contributed by atoms with van der Waals surface area (Å²) >= 11 is 0. The van der Waals surface area contributed by atoms with Crippen molar-refractivity contribution in [3.63, 3.8) is 0 Å². The van der Waals surface area contributed by atoms with Gasteiger partial charge in [-0.2, -0.15) is 0 Å². The van der Waals surface area contributed by atoms with Crippen molar-refractivity contribution in [2.45, 2.75) is 76.5 Å². The number of phenols is 1. The predicted octanol–water partition coefficient (Wildman–Crippen LogP) is 7.66. The van der Waals surface area contributed by atoms with Crippen LogP contribution in [0.5, 0.6) is 5.75 Å². The van der Waals surface area contributed by atoms with E-state index in [1.165, 1.54) is 11.1 Å². The molecular weight excluding hydrogens is 472 g/mol. The summed E-state index contributed by atoms with van der Waals surface area (Å²) in [7, 11) is 0. The number of benzene rings is 2. The molecule has 4 rings (SSSR count). The van der Waals surface area contributed by atoms with Crippen LogP contribution in [0.15, 0.2) is 72.8 Å². The molecule has 2 aromatic rings. The molecule has 2 N–H and O–H groups in total. The van der Waals surface area contributed by atoms with Gasteiger partial charge in [0.15, 0.2) is 0 Å². The van der Waals surface area contributed by atoms with Crippen molar-refractivity contribution in [1.29, 1.82) is 0 Å². The molecule has 0 radical (unpaired) electrons. The first-order valence-electron chi connectivity index (χ1n) is 14.4. The Kier molecular flexibility index (Phi) is 10.4. The summed E-state index contributed by atoms with van der Waals surface area (Å²) < 4.78 is 0. The number of carboxylic acid groups (broad SMARTS) is 1. The van der Waals surface area contributed by atoms with Crippen molar-refractivity contribution in [3.05, 3.63) is 89.5 Å². The summed E-state index contributed by atoms with van der Waals surface area (Å²) in [5.74, 6) is 0.413. The summed E-state index contributed by atoms with van der Waals surface area (Å²) in [6, 6.07) is 16.1. The zero-order valence-corrected chi connectivity index (χ0v) is 22.4. The van der Waals surface area contributed by atoms with Crippen molar-refractivity contribution in [1.82, 2.24) is 0 Å². The zero-order valence-electron chi connectivity index (χ0n) is 22.4. The van der Waals surface area contributed by atoms with Gasteiger partial charge in [-0.25, -0.2) is 0 Å². The number of aliphatic carboxylic acids is 1. The van der Waals surface area contributed by atoms with Gasteiger partial charge in [0.25, 0.3) is 0 Å². The van der Waals surface area contributed by atoms with E-state index in [0.717, 1.165) is 69.6 Å². The lowest BCUT2D eigenvalue weighted by atomic mass is 9.76. The number of carboxylic acids is 1. The highest BCUT2D eigenvalue weighted by Gasteiger charge is 2.25. The van der Waals surface area contributed by atoms with Gasteiger partial charge in [-0.1, -0.05) is 80.0 Å². The van der Waals surface area contributed by atoms with E-state index in [1.807, 2.05) is 6.07 Å². The second-order valence-electron chi connectivity index (χ2n) is 11.3. The number of unbranched alkanes of at least 4 members (excludes halogenated alkanes) is 2. The van der Waals surface area contributed by atoms with Crippen LogP contribution in [0.4, 0.5) is 0 Å². The quantitative estimate of drug-likeness (QED) is 0.194. The number of aldehydes is 1. The third-order valence-corrected chi connectivity index (χ3v) is 8.58. The molecule has 2 aliphatic carbocycles. The smallest absolute Gasteiger partial charge is 0.307 e. The Hall–Kier alpha value is -3.14. The standard InChI is InChI=1S/C34H42O4/c35-24-31(27-11-4-5-12-27)16-3-1-2-13-28-14-6-7-15-30(34(37)38)22-25-9-8-10-26(21-25)23-33(28)29-17-19-32(36)20-18-29/h4,6-11,17-21,24,27-28,30-31,33,36H,1-3,5,12-16,22-23H2,(H,37,38). The molecule has 38 heavy (non-hydrogen) atoms. The van der Waals surface area contributed by atoms with Crippen molar-refractivity contribution < 1.29 is 19.8 Å². The molecule has 2 aromatic carbocycles. The molecule has 4 heteroatoms. The minimum absolute atomic E-state index is 0.150. The average molecular weight is 515 g/mol. The Labute approximate surface area is 227 Å². The van der Waals surface area contributed by atoms with E-state index >= 15 is 0 Å². The van der Waals surface area contributed by atoms with Crippen LogP contribution < -0.4 is 0 Å². The topological polar surface area (TPSA) is 74.6 Å². The molecule has 0 fully saturated rings. The van der Waals surface area contributed by atoms with Crippen LogP contribution in [0, 0.1) is 23.7 Å². The van der Waals surface area contributed by atoms with Crippen LogP contribution in [0.3, 0.4) is 0 Å². The van der Waals surface area contributed by atoms with E-state index < -0.39 is 11.9 Å². The molecule has 0 aromatic heterocycles. The fourth-order valence-corrected chi connectivity index (χ4v) is 6.35. The number of fused-ring (bicyclic) bond motifs is 2. The van der Waals surface area contributed by atoms with Gasteiger partial charge in [-0.05, 0) is 97.9 Å². The molecule has 0 amide bonds. The highest BCUT2D eigenvalue weighted by Crippen LogP contribution is 2.37. The van der Waals surface area contributed by atoms with E-state index in [4.69, 9.17) is 0 Å². The molecule has 0 spiro atoms. The van der Waals surface area contributed by atoms with E-state index in [1.54, 1.807) is 12.1 Å². The van der Waals surface area contributed by atoms with Crippen LogP contribution in [0.1, 0.15) is 80.4 Å². The maximum atomic E-state index is 11.9. The first-order valence-corrected chi connectivity index (χ1v) is 14.4. The van der Waals surface area contributed by atoms with Crippen molar-refractivity contribution >= 4 is 12.3 Å². The van der Waals surface area contributed by atoms with E-state index in [-0.39, 0.29) is 11.7 Å². The number of phenolic OH excluding ortho intramolecular Hbond substituents is 1. The van der Waals surface area contributed by atoms with E-state index in [0.29, 0.717) is 30.6 Å². The highest BCUT2D eigenvalue weighted by molar-refractivity contribution is 5.70. The molecule has 202 valence electrons. The third kappa shape index (κ3) is 7.93. The summed E-state index contributed by atoms with van der Waals surface area (Å²) in [4.78, 5) is 23.5. The molecule has 0 heterocycles. The fraction of sp³-hybridized carbons (Fsp3) is 0.471. The molecule has 2 bridgehead atoms. The zero-order chi connectivity index (χ0) is 26.7. The Morgan fingerprint density at radius 2 is 1.71 bits per heavy atom. The van der Waals surface area contributed by atoms with Crippen LogP contribution in [-0.2, 0) is 22.4 Å².